The molecule has 0 aliphatic carbocycles. The Morgan fingerprint density at radius 1 is 0.649 bits per heavy atom. The Hall–Kier alpha value is -0.430. The molecule has 5 heterocycles. The maximum atomic E-state index is 10.8. The average molecular weight is 568 g/mol. The van der Waals surface area contributed by atoms with Crippen molar-refractivity contribution in [1.29, 1.82) is 0 Å². The summed E-state index contributed by atoms with van der Waals surface area (Å²) in [6.45, 7) is 11.6. The summed E-state index contributed by atoms with van der Waals surface area (Å²) >= 11 is 2.06. The normalized spacial score (nSPS) is 24.6. The van der Waals surface area contributed by atoms with Crippen LogP contribution in [-0.2, 0) is 19.4 Å². The lowest BCUT2D eigenvalue weighted by Gasteiger charge is -2.21. The molecule has 0 unspecified atom stereocenters. The topological polar surface area (TPSA) is 76.6 Å². The van der Waals surface area contributed by atoms with E-state index in [9.17, 15) is 13.2 Å². The van der Waals surface area contributed by atoms with E-state index in [1.165, 1.54) is 50.5 Å². The van der Waals surface area contributed by atoms with Gasteiger partial charge >= 0.3 is 0 Å². The van der Waals surface area contributed by atoms with Gasteiger partial charge in [0, 0.05) is 70.8 Å². The fourth-order valence-electron chi connectivity index (χ4n) is 3.77. The first-order valence-electron chi connectivity index (χ1n) is 13.4. The van der Waals surface area contributed by atoms with Crippen LogP contribution in [-0.4, -0.2) is 169 Å². The van der Waals surface area contributed by atoms with Crippen LogP contribution in [0.15, 0.2) is 0 Å². The Balaban J connectivity index is 0.000000437. The number of sulfone groups is 1. The number of morpholine rings is 1. The Morgan fingerprint density at radius 3 is 1.35 bits per heavy atom. The predicted molar refractivity (Wildman–Crippen MR) is 160 cm³/mol. The monoisotopic (exact) mass is 567 g/mol. The van der Waals surface area contributed by atoms with Gasteiger partial charge in [-0.05, 0) is 60.5 Å². The maximum absolute atomic E-state index is 10.8. The second kappa shape index (κ2) is 21.4. The molecule has 5 saturated heterocycles. The molecule has 9 nitrogen and oxygen atoms in total. The lowest BCUT2D eigenvalue weighted by atomic mass is 10.4. The van der Waals surface area contributed by atoms with Crippen LogP contribution < -0.4 is 0 Å². The number of hydrogen-bond acceptors (Lipinski definition) is 9. The van der Waals surface area contributed by atoms with Crippen LogP contribution in [0.4, 0.5) is 0 Å². The van der Waals surface area contributed by atoms with Crippen LogP contribution in [0.1, 0.15) is 33.1 Å². The van der Waals surface area contributed by atoms with E-state index in [-0.39, 0.29) is 7.43 Å². The largest absolute Gasteiger partial charge is 0.379 e. The number of nitrogens with zero attached hydrogens (tertiary/aromatic N) is 5. The van der Waals surface area contributed by atoms with Crippen LogP contribution in [0.2, 0.25) is 0 Å². The van der Waals surface area contributed by atoms with Crippen molar-refractivity contribution >= 4 is 27.5 Å². The minimum Gasteiger partial charge on any atom is -0.379 e. The molecule has 0 N–H and O–H groups in total. The Labute approximate surface area is 233 Å². The van der Waals surface area contributed by atoms with Crippen molar-refractivity contribution in [2.75, 3.05) is 130 Å². The van der Waals surface area contributed by atoms with E-state index in [0.29, 0.717) is 30.5 Å². The first-order chi connectivity index (χ1) is 17.1. The van der Waals surface area contributed by atoms with Crippen LogP contribution >= 0.6 is 11.8 Å². The van der Waals surface area contributed by atoms with E-state index in [1.807, 2.05) is 19.0 Å². The summed E-state index contributed by atoms with van der Waals surface area (Å²) in [6.07, 6.45) is 4.64. The van der Waals surface area contributed by atoms with E-state index in [0.717, 1.165) is 45.7 Å². The Bertz CT molecular complexity index is 636. The van der Waals surface area contributed by atoms with Gasteiger partial charge in [0.05, 0.1) is 24.7 Å². The van der Waals surface area contributed by atoms with Gasteiger partial charge in [0.15, 0.2) is 9.84 Å². The van der Waals surface area contributed by atoms with Crippen LogP contribution in [0.25, 0.3) is 0 Å². The van der Waals surface area contributed by atoms with Crippen LogP contribution in [0.5, 0.6) is 0 Å². The van der Waals surface area contributed by atoms with Crippen molar-refractivity contribution in [3.63, 3.8) is 0 Å². The zero-order valence-corrected chi connectivity index (χ0v) is 25.3. The molecule has 0 radical (unpaired) electrons. The number of likely N-dealkylation sites (N-methyl/N-ethyl adjacent to an activating group) is 1. The minimum absolute atomic E-state index is 0. The van der Waals surface area contributed by atoms with Gasteiger partial charge < -0.3 is 29.2 Å². The average Bonchev–Trinajstić information content (AvgIpc) is 3.49. The SMILES string of the molecule is C.CN1CCCC1.CN1CCCC1=O.CN1CCOCC1.CN1CCS(=O)(=O)CC1.CN1CCSCC1. The molecular formula is C26H57N5O4S2. The summed E-state index contributed by atoms with van der Waals surface area (Å²) in [5.74, 6) is 3.62. The molecule has 37 heavy (non-hydrogen) atoms. The molecule has 0 aromatic rings. The molecule has 5 fully saturated rings. The number of carbonyl (C=O) groups excluding carboxylic acids is 1. The van der Waals surface area contributed by atoms with Gasteiger partial charge in [-0.2, -0.15) is 11.8 Å². The van der Waals surface area contributed by atoms with Gasteiger partial charge in [-0.25, -0.2) is 8.42 Å². The lowest BCUT2D eigenvalue weighted by molar-refractivity contribution is -0.126. The standard InChI is InChI=1S/C5H11NO2S.C5H11NO.C5H9NO.C5H11NS.C5H11N.CH4/c1-6-2-4-9(7,8)5-3-6;1-6-2-4-7-5-3-6;1-6-4-2-3-5(6)7;1-6-2-4-7-5-3-6;1-6-4-2-3-5-6;/h2-5H2,1H3;2-5H2,1H3;2-4H2,1H3;2-5H2,1H3;2-5H2,1H3;1H4. The lowest BCUT2D eigenvalue weighted by Crippen LogP contribution is -2.37. The van der Waals surface area contributed by atoms with Crippen molar-refractivity contribution in [1.82, 2.24) is 24.5 Å². The summed E-state index contributed by atoms with van der Waals surface area (Å²) < 4.78 is 26.6. The molecule has 0 aromatic heterocycles. The summed E-state index contributed by atoms with van der Waals surface area (Å²) in [4.78, 5) is 21.3. The molecule has 0 atom stereocenters. The highest BCUT2D eigenvalue weighted by Crippen LogP contribution is 2.06. The zero-order valence-electron chi connectivity index (χ0n) is 23.6. The molecule has 1 amide bonds. The van der Waals surface area contributed by atoms with Gasteiger partial charge in [0.1, 0.15) is 0 Å². The second-order valence-electron chi connectivity index (χ2n) is 10.2. The number of likely N-dealkylation sites (tertiary alicyclic amines) is 2. The van der Waals surface area contributed by atoms with Crippen molar-refractivity contribution in [2.24, 2.45) is 0 Å². The van der Waals surface area contributed by atoms with Gasteiger partial charge in [-0.1, -0.05) is 7.43 Å². The van der Waals surface area contributed by atoms with E-state index in [2.05, 4.69) is 47.6 Å². The fourth-order valence-corrected chi connectivity index (χ4v) is 6.24. The van der Waals surface area contributed by atoms with Crippen molar-refractivity contribution in [2.45, 2.75) is 33.1 Å². The quantitative estimate of drug-likeness (QED) is 0.433. The van der Waals surface area contributed by atoms with Gasteiger partial charge in [0.25, 0.3) is 0 Å². The first-order valence-corrected chi connectivity index (χ1v) is 16.4. The maximum Gasteiger partial charge on any atom is 0.222 e. The molecule has 0 saturated carbocycles. The van der Waals surface area contributed by atoms with Crippen molar-refractivity contribution < 1.29 is 17.9 Å². The molecule has 0 aromatic carbocycles. The third-order valence-electron chi connectivity index (χ3n) is 6.68. The van der Waals surface area contributed by atoms with Crippen molar-refractivity contribution in [3.05, 3.63) is 0 Å². The van der Waals surface area contributed by atoms with E-state index >= 15 is 0 Å². The fraction of sp³-hybridized carbons (Fsp3) is 0.962. The number of hydrogen-bond donors (Lipinski definition) is 0. The minimum atomic E-state index is -2.66. The molecule has 222 valence electrons. The summed E-state index contributed by atoms with van der Waals surface area (Å²) in [6, 6.07) is 0. The Morgan fingerprint density at radius 2 is 1.11 bits per heavy atom. The molecule has 11 heteroatoms. The molecule has 0 bridgehead atoms. The smallest absolute Gasteiger partial charge is 0.222 e. The summed E-state index contributed by atoms with van der Waals surface area (Å²) in [5, 5.41) is 0. The zero-order chi connectivity index (χ0) is 26.8. The van der Waals surface area contributed by atoms with Gasteiger partial charge in [-0.3, -0.25) is 4.79 Å². The Kier molecular flexibility index (Phi) is 21.2. The highest BCUT2D eigenvalue weighted by Gasteiger charge is 2.18. The molecule has 0 spiro atoms. The number of ether oxygens (including phenoxy) is 1. The van der Waals surface area contributed by atoms with E-state index < -0.39 is 9.84 Å². The molecule has 5 rings (SSSR count). The summed E-state index contributed by atoms with van der Waals surface area (Å²) in [5.41, 5.74) is 0. The van der Waals surface area contributed by atoms with E-state index in [1.54, 1.807) is 4.90 Å². The number of rotatable bonds is 0. The third kappa shape index (κ3) is 20.2. The number of amides is 1. The van der Waals surface area contributed by atoms with Gasteiger partial charge in [0.2, 0.25) is 5.91 Å². The number of carbonyl (C=O) groups is 1. The number of thioether (sulfide) groups is 1. The van der Waals surface area contributed by atoms with Crippen LogP contribution in [0, 0.1) is 0 Å². The predicted octanol–water partition coefficient (Wildman–Crippen LogP) is 1.55. The van der Waals surface area contributed by atoms with Gasteiger partial charge in [-0.15, -0.1) is 0 Å². The molecule has 5 aliphatic heterocycles. The highest BCUT2D eigenvalue weighted by atomic mass is 32.2. The molecule has 5 aliphatic rings. The summed E-state index contributed by atoms with van der Waals surface area (Å²) in [7, 11) is 7.59. The third-order valence-corrected chi connectivity index (χ3v) is 9.23. The van der Waals surface area contributed by atoms with E-state index in [4.69, 9.17) is 4.74 Å². The first kappa shape index (κ1) is 36.6. The van der Waals surface area contributed by atoms with Crippen molar-refractivity contribution in [3.8, 4) is 0 Å². The molecular weight excluding hydrogens is 510 g/mol. The second-order valence-corrected chi connectivity index (χ2v) is 13.7. The van der Waals surface area contributed by atoms with Crippen LogP contribution in [0.3, 0.4) is 0 Å². The highest BCUT2D eigenvalue weighted by molar-refractivity contribution is 7.99.